The van der Waals surface area contributed by atoms with Gasteiger partial charge in [0, 0.05) is 16.3 Å². The van der Waals surface area contributed by atoms with E-state index in [1.807, 2.05) is 34.9 Å². The van der Waals surface area contributed by atoms with E-state index >= 15 is 0 Å². The summed E-state index contributed by atoms with van der Waals surface area (Å²) in [5.74, 6) is 1.57. The molecule has 0 bridgehead atoms. The SMILES string of the molecule is O=C1COc2ccc(C(=O)CSc3nnc(COc4ccc(Cl)cc4)n3-c3ccccc3)cc2N1. The molecule has 0 saturated carbocycles. The van der Waals surface area contributed by atoms with E-state index in [9.17, 15) is 9.59 Å². The second kappa shape index (κ2) is 10.2. The second-order valence-corrected chi connectivity index (χ2v) is 8.95. The maximum Gasteiger partial charge on any atom is 0.262 e. The van der Waals surface area contributed by atoms with E-state index in [-0.39, 0.29) is 30.7 Å². The lowest BCUT2D eigenvalue weighted by molar-refractivity contribution is -0.118. The number of benzene rings is 3. The molecule has 1 N–H and O–H groups in total. The number of nitrogens with one attached hydrogen (secondary N) is 1. The van der Waals surface area contributed by atoms with Gasteiger partial charge in [-0.3, -0.25) is 14.2 Å². The maximum atomic E-state index is 12.9. The van der Waals surface area contributed by atoms with Crippen LogP contribution >= 0.6 is 23.4 Å². The van der Waals surface area contributed by atoms with E-state index in [0.29, 0.717) is 38.8 Å². The van der Waals surface area contributed by atoms with Gasteiger partial charge in [0.05, 0.1) is 11.4 Å². The Bertz CT molecular complexity index is 1380. The van der Waals surface area contributed by atoms with Gasteiger partial charge in [-0.2, -0.15) is 0 Å². The first-order valence-corrected chi connectivity index (χ1v) is 12.0. The van der Waals surface area contributed by atoms with E-state index in [4.69, 9.17) is 21.1 Å². The Morgan fingerprint density at radius 3 is 2.69 bits per heavy atom. The van der Waals surface area contributed by atoms with Crippen molar-refractivity contribution in [3.63, 3.8) is 0 Å². The van der Waals surface area contributed by atoms with Crippen molar-refractivity contribution in [3.8, 4) is 17.2 Å². The Hall–Kier alpha value is -3.82. The van der Waals surface area contributed by atoms with E-state index in [2.05, 4.69) is 15.5 Å². The number of nitrogens with zero attached hydrogens (tertiary/aromatic N) is 3. The Morgan fingerprint density at radius 1 is 1.09 bits per heavy atom. The van der Waals surface area contributed by atoms with Crippen LogP contribution < -0.4 is 14.8 Å². The molecule has 4 aromatic rings. The molecule has 0 atom stereocenters. The summed E-state index contributed by atoms with van der Waals surface area (Å²) in [7, 11) is 0. The lowest BCUT2D eigenvalue weighted by Crippen LogP contribution is -2.25. The Balaban J connectivity index is 1.34. The number of fused-ring (bicyclic) bond motifs is 1. The summed E-state index contributed by atoms with van der Waals surface area (Å²) in [6, 6.07) is 21.7. The minimum Gasteiger partial charge on any atom is -0.486 e. The minimum atomic E-state index is -0.249. The number of para-hydroxylation sites is 1. The average molecular weight is 507 g/mol. The molecule has 176 valence electrons. The molecule has 0 spiro atoms. The fourth-order valence-corrected chi connectivity index (χ4v) is 4.46. The Morgan fingerprint density at radius 2 is 1.89 bits per heavy atom. The number of ether oxygens (including phenoxy) is 2. The molecular formula is C25H19ClN4O4S. The largest absolute Gasteiger partial charge is 0.486 e. The summed E-state index contributed by atoms with van der Waals surface area (Å²) in [6.45, 7) is 0.151. The number of halogens is 1. The topological polar surface area (TPSA) is 95.3 Å². The minimum absolute atomic E-state index is 0.0324. The van der Waals surface area contributed by atoms with Crippen LogP contribution in [0.5, 0.6) is 11.5 Å². The predicted octanol–water partition coefficient (Wildman–Crippen LogP) is 4.81. The van der Waals surface area contributed by atoms with Crippen LogP contribution in [-0.4, -0.2) is 38.8 Å². The quantitative estimate of drug-likeness (QED) is 0.271. The number of aromatic nitrogens is 3. The van der Waals surface area contributed by atoms with Crippen molar-refractivity contribution in [2.24, 2.45) is 0 Å². The molecule has 0 radical (unpaired) electrons. The molecule has 10 heteroatoms. The highest BCUT2D eigenvalue weighted by Gasteiger charge is 2.20. The number of thioether (sulfide) groups is 1. The number of carbonyl (C=O) groups excluding carboxylic acids is 2. The lowest BCUT2D eigenvalue weighted by atomic mass is 10.1. The smallest absolute Gasteiger partial charge is 0.262 e. The first-order chi connectivity index (χ1) is 17.1. The van der Waals surface area contributed by atoms with Gasteiger partial charge in [-0.1, -0.05) is 41.6 Å². The van der Waals surface area contributed by atoms with Crippen molar-refractivity contribution in [3.05, 3.63) is 89.2 Å². The van der Waals surface area contributed by atoms with Crippen LogP contribution in [0.4, 0.5) is 5.69 Å². The first-order valence-electron chi connectivity index (χ1n) is 10.7. The first kappa shape index (κ1) is 22.9. The molecule has 2 heterocycles. The number of hydrogen-bond acceptors (Lipinski definition) is 7. The highest BCUT2D eigenvalue weighted by molar-refractivity contribution is 7.99. The molecule has 0 fully saturated rings. The van der Waals surface area contributed by atoms with Gasteiger partial charge in [0.15, 0.2) is 23.4 Å². The Kier molecular flexibility index (Phi) is 6.69. The van der Waals surface area contributed by atoms with Gasteiger partial charge in [0.1, 0.15) is 18.1 Å². The zero-order valence-corrected chi connectivity index (χ0v) is 19.9. The highest BCUT2D eigenvalue weighted by Crippen LogP contribution is 2.30. The third kappa shape index (κ3) is 5.31. The van der Waals surface area contributed by atoms with Gasteiger partial charge in [-0.05, 0) is 54.6 Å². The van der Waals surface area contributed by atoms with Gasteiger partial charge in [-0.25, -0.2) is 0 Å². The summed E-state index contributed by atoms with van der Waals surface area (Å²) in [4.78, 5) is 24.5. The molecule has 1 aliphatic heterocycles. The number of hydrogen-bond donors (Lipinski definition) is 1. The molecule has 0 unspecified atom stereocenters. The number of ketones is 1. The molecule has 1 aliphatic rings. The fourth-order valence-electron chi connectivity index (χ4n) is 3.47. The number of amides is 1. The molecule has 5 rings (SSSR count). The van der Waals surface area contributed by atoms with Gasteiger partial charge in [0.25, 0.3) is 5.91 Å². The molecule has 0 aliphatic carbocycles. The third-order valence-corrected chi connectivity index (χ3v) is 6.34. The zero-order chi connectivity index (χ0) is 24.2. The molecular weight excluding hydrogens is 488 g/mol. The summed E-state index contributed by atoms with van der Waals surface area (Å²) in [5.41, 5.74) is 1.82. The summed E-state index contributed by atoms with van der Waals surface area (Å²) in [6.07, 6.45) is 0. The van der Waals surface area contributed by atoms with Crippen LogP contribution in [0.25, 0.3) is 5.69 Å². The standard InChI is InChI=1S/C25H19ClN4O4S/c26-17-7-9-19(10-8-17)33-13-23-28-29-25(30(23)18-4-2-1-3-5-18)35-15-21(31)16-6-11-22-20(12-16)27-24(32)14-34-22/h1-12H,13-15H2,(H,27,32). The van der Waals surface area contributed by atoms with Crippen molar-refractivity contribution in [2.45, 2.75) is 11.8 Å². The monoisotopic (exact) mass is 506 g/mol. The van der Waals surface area contributed by atoms with Crippen molar-refractivity contribution in [1.29, 1.82) is 0 Å². The summed E-state index contributed by atoms with van der Waals surface area (Å²) >= 11 is 7.22. The molecule has 3 aromatic carbocycles. The summed E-state index contributed by atoms with van der Waals surface area (Å²) in [5, 5.41) is 12.5. The van der Waals surface area contributed by atoms with Crippen molar-refractivity contribution in [1.82, 2.24) is 14.8 Å². The number of Topliss-reactive ketones (excluding diaryl/α,β-unsaturated/α-hetero) is 1. The molecule has 35 heavy (non-hydrogen) atoms. The third-order valence-electron chi connectivity index (χ3n) is 5.16. The molecule has 0 saturated heterocycles. The van der Waals surface area contributed by atoms with Crippen molar-refractivity contribution < 1.29 is 19.1 Å². The summed E-state index contributed by atoms with van der Waals surface area (Å²) < 4.78 is 13.1. The Labute approximate surface area is 210 Å². The van der Waals surface area contributed by atoms with Crippen LogP contribution in [0, 0.1) is 0 Å². The molecule has 8 nitrogen and oxygen atoms in total. The van der Waals surface area contributed by atoms with Crippen LogP contribution in [0.1, 0.15) is 16.2 Å². The molecule has 1 aromatic heterocycles. The normalized spacial score (nSPS) is 12.4. The van der Waals surface area contributed by atoms with E-state index in [1.165, 1.54) is 11.8 Å². The number of rotatable bonds is 8. The van der Waals surface area contributed by atoms with Crippen LogP contribution in [0.2, 0.25) is 5.02 Å². The van der Waals surface area contributed by atoms with Crippen LogP contribution in [-0.2, 0) is 11.4 Å². The average Bonchev–Trinajstić information content (AvgIpc) is 3.29. The number of anilines is 1. The number of carbonyl (C=O) groups is 2. The van der Waals surface area contributed by atoms with Crippen LogP contribution in [0.15, 0.2) is 78.0 Å². The van der Waals surface area contributed by atoms with Gasteiger partial charge < -0.3 is 14.8 Å². The van der Waals surface area contributed by atoms with Gasteiger partial charge >= 0.3 is 0 Å². The van der Waals surface area contributed by atoms with Crippen LogP contribution in [0.3, 0.4) is 0 Å². The van der Waals surface area contributed by atoms with Gasteiger partial charge in [-0.15, -0.1) is 10.2 Å². The highest BCUT2D eigenvalue weighted by atomic mass is 35.5. The van der Waals surface area contributed by atoms with E-state index in [0.717, 1.165) is 5.69 Å². The maximum absolute atomic E-state index is 12.9. The van der Waals surface area contributed by atoms with Crippen molar-refractivity contribution >= 4 is 40.7 Å². The second-order valence-electron chi connectivity index (χ2n) is 7.57. The van der Waals surface area contributed by atoms with Crippen molar-refractivity contribution in [2.75, 3.05) is 17.7 Å². The van der Waals surface area contributed by atoms with Gasteiger partial charge in [0.2, 0.25) is 0 Å². The zero-order valence-electron chi connectivity index (χ0n) is 18.3. The van der Waals surface area contributed by atoms with E-state index < -0.39 is 0 Å². The predicted molar refractivity (Wildman–Crippen MR) is 133 cm³/mol. The molecule has 1 amide bonds. The van der Waals surface area contributed by atoms with E-state index in [1.54, 1.807) is 42.5 Å². The fraction of sp³-hybridized carbons (Fsp3) is 0.120. The lowest BCUT2D eigenvalue weighted by Gasteiger charge is -2.18.